The van der Waals surface area contributed by atoms with Crippen molar-refractivity contribution in [2.24, 2.45) is 0 Å². The first kappa shape index (κ1) is 19.5. The molecular weight excluding hydrogens is 356 g/mol. The molecule has 136 valence electrons. The molecule has 0 bridgehead atoms. The highest BCUT2D eigenvalue weighted by Gasteiger charge is 2.11. The molecule has 0 saturated carbocycles. The van der Waals surface area contributed by atoms with E-state index in [-0.39, 0.29) is 17.3 Å². The van der Waals surface area contributed by atoms with E-state index in [1.165, 1.54) is 7.11 Å². The van der Waals surface area contributed by atoms with E-state index >= 15 is 0 Å². The maximum absolute atomic E-state index is 11.6. The van der Waals surface area contributed by atoms with Gasteiger partial charge >= 0.3 is 12.1 Å². The van der Waals surface area contributed by atoms with Crippen molar-refractivity contribution < 1.29 is 19.1 Å². The lowest BCUT2D eigenvalue weighted by atomic mass is 10.2. The highest BCUT2D eigenvalue weighted by molar-refractivity contribution is 6.32. The molecular formula is C19H19ClN2O4. The van der Waals surface area contributed by atoms with Crippen LogP contribution < -0.4 is 5.32 Å². The van der Waals surface area contributed by atoms with Gasteiger partial charge < -0.3 is 14.8 Å². The zero-order valence-corrected chi connectivity index (χ0v) is 15.0. The fourth-order valence-electron chi connectivity index (χ4n) is 2.06. The second kappa shape index (κ2) is 10.2. The number of benzene rings is 1. The number of carbonyl (C=O) groups is 2. The molecule has 0 fully saturated rings. The van der Waals surface area contributed by atoms with Crippen LogP contribution in [0.5, 0.6) is 0 Å². The molecule has 0 atom stereocenters. The molecule has 0 aliphatic heterocycles. The lowest BCUT2D eigenvalue weighted by Crippen LogP contribution is -2.24. The maximum atomic E-state index is 11.6. The van der Waals surface area contributed by atoms with E-state index < -0.39 is 12.1 Å². The van der Waals surface area contributed by atoms with E-state index in [4.69, 9.17) is 16.3 Å². The van der Waals surface area contributed by atoms with Crippen molar-refractivity contribution in [1.82, 2.24) is 10.3 Å². The largest absolute Gasteiger partial charge is 0.465 e. The van der Waals surface area contributed by atoms with Crippen LogP contribution in [0, 0.1) is 0 Å². The summed E-state index contributed by atoms with van der Waals surface area (Å²) in [5.74, 6) is -0.541. The summed E-state index contributed by atoms with van der Waals surface area (Å²) in [6.07, 6.45) is 5.31. The second-order valence-electron chi connectivity index (χ2n) is 5.28. The monoisotopic (exact) mass is 374 g/mol. The Morgan fingerprint density at radius 3 is 2.77 bits per heavy atom. The van der Waals surface area contributed by atoms with Crippen molar-refractivity contribution in [3.05, 3.63) is 70.5 Å². The van der Waals surface area contributed by atoms with Gasteiger partial charge in [-0.2, -0.15) is 0 Å². The lowest BCUT2D eigenvalue weighted by Gasteiger charge is -2.06. The van der Waals surface area contributed by atoms with Crippen LogP contribution in [0.3, 0.4) is 0 Å². The van der Waals surface area contributed by atoms with Crippen LogP contribution in [0.1, 0.15) is 27.9 Å². The molecule has 0 saturated heterocycles. The molecule has 1 heterocycles. The van der Waals surface area contributed by atoms with Gasteiger partial charge in [0, 0.05) is 12.7 Å². The molecule has 1 N–H and O–H groups in total. The Balaban J connectivity index is 1.74. The summed E-state index contributed by atoms with van der Waals surface area (Å²) in [4.78, 5) is 27.1. The minimum Gasteiger partial charge on any atom is -0.465 e. The number of nitrogens with zero attached hydrogens (tertiary/aromatic N) is 1. The van der Waals surface area contributed by atoms with Gasteiger partial charge in [-0.05, 0) is 23.6 Å². The van der Waals surface area contributed by atoms with Crippen molar-refractivity contribution >= 4 is 29.7 Å². The number of carbonyl (C=O) groups excluding carboxylic acids is 2. The number of hydrogen-bond acceptors (Lipinski definition) is 5. The van der Waals surface area contributed by atoms with Crippen LogP contribution in [0.25, 0.3) is 6.08 Å². The molecule has 2 aromatic rings. The van der Waals surface area contributed by atoms with Crippen LogP contribution in [0.2, 0.25) is 5.15 Å². The topological polar surface area (TPSA) is 77.5 Å². The fourth-order valence-corrected chi connectivity index (χ4v) is 2.24. The minimum atomic E-state index is -0.541. The van der Waals surface area contributed by atoms with Gasteiger partial charge in [-0.1, -0.05) is 54.1 Å². The van der Waals surface area contributed by atoms with Crippen molar-refractivity contribution in [3.8, 4) is 0 Å². The Labute approximate surface area is 156 Å². The average molecular weight is 375 g/mol. The van der Waals surface area contributed by atoms with Crippen LogP contribution in [0.4, 0.5) is 4.79 Å². The maximum Gasteiger partial charge on any atom is 0.407 e. The Hall–Kier alpha value is -2.86. The van der Waals surface area contributed by atoms with Crippen LogP contribution in [-0.4, -0.2) is 30.7 Å². The first-order chi connectivity index (χ1) is 12.6. The summed E-state index contributed by atoms with van der Waals surface area (Å²) in [5, 5.41) is 2.76. The van der Waals surface area contributed by atoms with Gasteiger partial charge in [0.15, 0.2) is 0 Å². The summed E-state index contributed by atoms with van der Waals surface area (Å²) in [6.45, 7) is 0.657. The number of esters is 1. The van der Waals surface area contributed by atoms with Crippen LogP contribution in [0.15, 0.2) is 48.7 Å². The van der Waals surface area contributed by atoms with Crippen LogP contribution in [-0.2, 0) is 16.1 Å². The second-order valence-corrected chi connectivity index (χ2v) is 5.64. The van der Waals surface area contributed by atoms with Crippen molar-refractivity contribution in [3.63, 3.8) is 0 Å². The van der Waals surface area contributed by atoms with Crippen molar-refractivity contribution in [1.29, 1.82) is 0 Å². The zero-order valence-electron chi connectivity index (χ0n) is 14.3. The predicted octanol–water partition coefficient (Wildman–Crippen LogP) is 3.85. The molecule has 0 spiro atoms. The Morgan fingerprint density at radius 2 is 2.04 bits per heavy atom. The number of pyridine rings is 1. The molecule has 0 radical (unpaired) electrons. The molecule has 2 rings (SSSR count). The van der Waals surface area contributed by atoms with Gasteiger partial charge in [-0.3, -0.25) is 0 Å². The molecule has 0 aliphatic carbocycles. The van der Waals surface area contributed by atoms with Crippen LogP contribution >= 0.6 is 11.6 Å². The van der Waals surface area contributed by atoms with Gasteiger partial charge in [0.05, 0.1) is 12.7 Å². The molecule has 26 heavy (non-hydrogen) atoms. The van der Waals surface area contributed by atoms with E-state index in [0.717, 1.165) is 5.56 Å². The molecule has 0 aliphatic rings. The number of nitrogens with one attached hydrogen (secondary N) is 1. The van der Waals surface area contributed by atoms with Crippen molar-refractivity contribution in [2.45, 2.75) is 13.0 Å². The third-order valence-electron chi connectivity index (χ3n) is 3.37. The number of methoxy groups -OCH3 is 1. The third-order valence-corrected chi connectivity index (χ3v) is 3.67. The predicted molar refractivity (Wildman–Crippen MR) is 98.9 cm³/mol. The number of rotatable bonds is 7. The first-order valence-electron chi connectivity index (χ1n) is 7.95. The Kier molecular flexibility index (Phi) is 7.64. The van der Waals surface area contributed by atoms with Gasteiger partial charge in [-0.25, -0.2) is 14.6 Å². The fraction of sp³-hybridized carbons (Fsp3) is 0.211. The molecule has 1 amide bonds. The SMILES string of the molecule is COC(=O)c1cc(C=CCCNC(=O)OCc2ccccc2)cnc1Cl. The van der Waals surface area contributed by atoms with Crippen molar-refractivity contribution in [2.75, 3.05) is 13.7 Å². The Morgan fingerprint density at radius 1 is 1.27 bits per heavy atom. The van der Waals surface area contributed by atoms with Gasteiger partial charge in [-0.15, -0.1) is 0 Å². The van der Waals surface area contributed by atoms with E-state index in [2.05, 4.69) is 15.0 Å². The van der Waals surface area contributed by atoms with E-state index in [9.17, 15) is 9.59 Å². The van der Waals surface area contributed by atoms with Gasteiger partial charge in [0.2, 0.25) is 0 Å². The van der Waals surface area contributed by atoms with E-state index in [0.29, 0.717) is 18.5 Å². The first-order valence-corrected chi connectivity index (χ1v) is 8.33. The normalized spacial score (nSPS) is 10.5. The standard InChI is InChI=1S/C19H19ClN2O4/c1-25-18(23)16-11-15(12-22-17(16)20)9-5-6-10-21-19(24)26-13-14-7-3-2-4-8-14/h2-5,7-9,11-12H,6,10,13H2,1H3,(H,21,24). The average Bonchev–Trinajstić information content (AvgIpc) is 2.67. The Bertz CT molecular complexity index is 778. The number of alkyl carbamates (subject to hydrolysis) is 1. The van der Waals surface area contributed by atoms with Gasteiger partial charge in [0.1, 0.15) is 11.8 Å². The molecule has 1 aromatic heterocycles. The molecule has 7 heteroatoms. The molecule has 6 nitrogen and oxygen atoms in total. The lowest BCUT2D eigenvalue weighted by molar-refractivity contribution is 0.0600. The number of amides is 1. The summed E-state index contributed by atoms with van der Waals surface area (Å²) in [6, 6.07) is 11.0. The summed E-state index contributed by atoms with van der Waals surface area (Å²) >= 11 is 5.87. The number of halogens is 1. The highest BCUT2D eigenvalue weighted by Crippen LogP contribution is 2.16. The smallest absolute Gasteiger partial charge is 0.407 e. The zero-order chi connectivity index (χ0) is 18.8. The highest BCUT2D eigenvalue weighted by atomic mass is 35.5. The molecule has 0 unspecified atom stereocenters. The van der Waals surface area contributed by atoms with E-state index in [1.54, 1.807) is 18.3 Å². The molecule has 1 aromatic carbocycles. The summed E-state index contributed by atoms with van der Waals surface area (Å²) < 4.78 is 9.76. The van der Waals surface area contributed by atoms with Gasteiger partial charge in [0.25, 0.3) is 0 Å². The quantitative estimate of drug-likeness (QED) is 0.452. The number of hydrogen-bond donors (Lipinski definition) is 1. The van der Waals surface area contributed by atoms with E-state index in [1.807, 2.05) is 36.4 Å². The minimum absolute atomic E-state index is 0.0943. The third kappa shape index (κ3) is 6.22. The number of ether oxygens (including phenoxy) is 2. The summed E-state index contributed by atoms with van der Waals surface area (Å²) in [5.41, 5.74) is 1.85. The summed E-state index contributed by atoms with van der Waals surface area (Å²) in [7, 11) is 1.28. The number of aromatic nitrogens is 1.